The predicted molar refractivity (Wildman–Crippen MR) is 72.0 cm³/mol. The largest absolute Gasteiger partial charge is 0.386 e. The van der Waals surface area contributed by atoms with E-state index in [0.29, 0.717) is 12.3 Å². The lowest BCUT2D eigenvalue weighted by molar-refractivity contribution is -0.117. The third kappa shape index (κ3) is 2.05. The van der Waals surface area contributed by atoms with Crippen LogP contribution < -0.4 is 4.90 Å². The van der Waals surface area contributed by atoms with Crippen LogP contribution in [0.1, 0.15) is 30.6 Å². The Kier molecular flexibility index (Phi) is 3.07. The molecular weight excluding hydrogens is 242 g/mol. The minimum absolute atomic E-state index is 0.104. The fourth-order valence-electron chi connectivity index (χ4n) is 2.98. The summed E-state index contributed by atoms with van der Waals surface area (Å²) < 4.78 is 5.62. The summed E-state index contributed by atoms with van der Waals surface area (Å²) in [5, 5.41) is 10.4. The topological polar surface area (TPSA) is 49.8 Å². The van der Waals surface area contributed by atoms with Crippen LogP contribution in [-0.4, -0.2) is 30.8 Å². The van der Waals surface area contributed by atoms with Crippen LogP contribution in [0.5, 0.6) is 0 Å². The van der Waals surface area contributed by atoms with Gasteiger partial charge in [-0.05, 0) is 29.5 Å². The first kappa shape index (κ1) is 12.6. The molecule has 2 heterocycles. The Morgan fingerprint density at radius 3 is 2.95 bits per heavy atom. The minimum Gasteiger partial charge on any atom is -0.386 e. The third-order valence-corrected chi connectivity index (χ3v) is 4.28. The van der Waals surface area contributed by atoms with E-state index in [1.165, 1.54) is 0 Å². The molecule has 4 nitrogen and oxygen atoms in total. The number of carbonyl (C=O) groups excluding carboxylic acids is 1. The molecule has 3 rings (SSSR count). The van der Waals surface area contributed by atoms with Crippen molar-refractivity contribution in [2.24, 2.45) is 5.92 Å². The van der Waals surface area contributed by atoms with Gasteiger partial charge in [-0.3, -0.25) is 4.79 Å². The number of nitrogens with zero attached hydrogens (tertiary/aromatic N) is 1. The van der Waals surface area contributed by atoms with Gasteiger partial charge in [0.15, 0.2) is 0 Å². The van der Waals surface area contributed by atoms with Crippen LogP contribution >= 0.6 is 0 Å². The zero-order chi connectivity index (χ0) is 13.6. The molecule has 4 heteroatoms. The first-order valence-corrected chi connectivity index (χ1v) is 6.77. The molecule has 0 spiro atoms. The molecule has 3 unspecified atom stereocenters. The highest BCUT2D eigenvalue weighted by Crippen LogP contribution is 2.35. The van der Waals surface area contributed by atoms with Crippen molar-refractivity contribution in [2.45, 2.75) is 32.0 Å². The maximum absolute atomic E-state index is 11.7. The lowest BCUT2D eigenvalue weighted by Gasteiger charge is -2.22. The number of aliphatic hydroxyl groups is 1. The van der Waals surface area contributed by atoms with Crippen molar-refractivity contribution in [1.29, 1.82) is 0 Å². The molecule has 2 aliphatic heterocycles. The molecular formula is C15H19NO3. The fourth-order valence-corrected chi connectivity index (χ4v) is 2.98. The van der Waals surface area contributed by atoms with Crippen molar-refractivity contribution in [2.75, 3.05) is 18.6 Å². The molecule has 1 aromatic carbocycles. The second-order valence-electron chi connectivity index (χ2n) is 5.56. The van der Waals surface area contributed by atoms with E-state index in [9.17, 15) is 9.90 Å². The zero-order valence-electron chi connectivity index (χ0n) is 11.3. The van der Waals surface area contributed by atoms with Crippen molar-refractivity contribution < 1.29 is 14.6 Å². The Hall–Kier alpha value is -1.39. The van der Waals surface area contributed by atoms with Crippen molar-refractivity contribution in [3.8, 4) is 0 Å². The standard InChI is InChI=1S/C15H19NO3/c1-9-5-6-19-15(9)14(18)10-3-4-12-11(7-10)8-13(17)16(12)2/h3-4,7,9,14-15,18H,5-6,8H2,1-2H3. The number of aliphatic hydroxyl groups excluding tert-OH is 1. The van der Waals surface area contributed by atoms with Gasteiger partial charge < -0.3 is 14.7 Å². The third-order valence-electron chi connectivity index (χ3n) is 4.28. The Morgan fingerprint density at radius 1 is 1.47 bits per heavy atom. The molecule has 0 bridgehead atoms. The van der Waals surface area contributed by atoms with Crippen molar-refractivity contribution in [1.82, 2.24) is 0 Å². The van der Waals surface area contributed by atoms with Gasteiger partial charge in [-0.2, -0.15) is 0 Å². The summed E-state index contributed by atoms with van der Waals surface area (Å²) in [6.07, 6.45) is 0.679. The monoisotopic (exact) mass is 261 g/mol. The maximum atomic E-state index is 11.7. The molecule has 102 valence electrons. The number of fused-ring (bicyclic) bond motifs is 1. The van der Waals surface area contributed by atoms with E-state index in [2.05, 4.69) is 6.92 Å². The van der Waals surface area contributed by atoms with E-state index in [0.717, 1.165) is 29.8 Å². The Morgan fingerprint density at radius 2 is 2.26 bits per heavy atom. The highest BCUT2D eigenvalue weighted by atomic mass is 16.5. The summed E-state index contributed by atoms with van der Waals surface area (Å²) >= 11 is 0. The number of likely N-dealkylation sites (N-methyl/N-ethyl adjacent to an activating group) is 1. The number of benzene rings is 1. The summed E-state index contributed by atoms with van der Waals surface area (Å²) in [5.41, 5.74) is 2.79. The lowest BCUT2D eigenvalue weighted by Crippen LogP contribution is -2.23. The van der Waals surface area contributed by atoms with Crippen LogP contribution in [-0.2, 0) is 16.0 Å². The number of anilines is 1. The highest BCUT2D eigenvalue weighted by Gasteiger charge is 2.33. The van der Waals surface area contributed by atoms with Crippen LogP contribution in [0.25, 0.3) is 0 Å². The number of amides is 1. The van der Waals surface area contributed by atoms with Gasteiger partial charge in [0.2, 0.25) is 5.91 Å². The Bertz CT molecular complexity index is 514. The van der Waals surface area contributed by atoms with E-state index >= 15 is 0 Å². The van der Waals surface area contributed by atoms with Gasteiger partial charge in [0.1, 0.15) is 6.10 Å². The van der Waals surface area contributed by atoms with Gasteiger partial charge in [-0.25, -0.2) is 0 Å². The van der Waals surface area contributed by atoms with Gasteiger partial charge in [0.05, 0.1) is 12.5 Å². The predicted octanol–water partition coefficient (Wildman–Crippen LogP) is 1.66. The van der Waals surface area contributed by atoms with Crippen LogP contribution in [0, 0.1) is 5.92 Å². The molecule has 3 atom stereocenters. The van der Waals surface area contributed by atoms with Gasteiger partial charge in [-0.1, -0.05) is 19.1 Å². The average Bonchev–Trinajstić information content (AvgIpc) is 2.93. The number of rotatable bonds is 2. The number of carbonyl (C=O) groups is 1. The second-order valence-corrected chi connectivity index (χ2v) is 5.56. The van der Waals surface area contributed by atoms with Gasteiger partial charge >= 0.3 is 0 Å². The van der Waals surface area contributed by atoms with Gasteiger partial charge in [0, 0.05) is 19.3 Å². The summed E-state index contributed by atoms with van der Waals surface area (Å²) in [4.78, 5) is 13.3. The molecule has 0 aromatic heterocycles. The number of ether oxygens (including phenoxy) is 1. The fraction of sp³-hybridized carbons (Fsp3) is 0.533. The summed E-state index contributed by atoms with van der Waals surface area (Å²) in [6.45, 7) is 2.82. The lowest BCUT2D eigenvalue weighted by atomic mass is 9.93. The van der Waals surface area contributed by atoms with Crippen molar-refractivity contribution in [3.05, 3.63) is 29.3 Å². The average molecular weight is 261 g/mol. The Balaban J connectivity index is 1.87. The molecule has 1 saturated heterocycles. The highest BCUT2D eigenvalue weighted by molar-refractivity contribution is 6.00. The molecule has 0 radical (unpaired) electrons. The second kappa shape index (κ2) is 4.62. The number of hydrogen-bond acceptors (Lipinski definition) is 3. The van der Waals surface area contributed by atoms with E-state index in [1.807, 2.05) is 18.2 Å². The first-order chi connectivity index (χ1) is 9.08. The molecule has 1 amide bonds. The summed E-state index contributed by atoms with van der Waals surface area (Å²) in [6, 6.07) is 5.75. The molecule has 2 aliphatic rings. The van der Waals surface area contributed by atoms with Gasteiger partial charge in [-0.15, -0.1) is 0 Å². The molecule has 19 heavy (non-hydrogen) atoms. The first-order valence-electron chi connectivity index (χ1n) is 6.77. The normalized spacial score (nSPS) is 27.7. The van der Waals surface area contributed by atoms with E-state index in [1.54, 1.807) is 11.9 Å². The molecule has 0 saturated carbocycles. The van der Waals surface area contributed by atoms with Gasteiger partial charge in [0.25, 0.3) is 0 Å². The smallest absolute Gasteiger partial charge is 0.231 e. The molecule has 1 fully saturated rings. The summed E-state index contributed by atoms with van der Waals surface area (Å²) in [7, 11) is 1.78. The van der Waals surface area contributed by atoms with Crippen LogP contribution in [0.4, 0.5) is 5.69 Å². The van der Waals surface area contributed by atoms with E-state index in [-0.39, 0.29) is 12.0 Å². The molecule has 1 N–H and O–H groups in total. The minimum atomic E-state index is -0.608. The molecule has 0 aliphatic carbocycles. The van der Waals surface area contributed by atoms with Crippen LogP contribution in [0.15, 0.2) is 18.2 Å². The van der Waals surface area contributed by atoms with Crippen molar-refractivity contribution >= 4 is 11.6 Å². The van der Waals surface area contributed by atoms with Crippen LogP contribution in [0.3, 0.4) is 0 Å². The van der Waals surface area contributed by atoms with E-state index in [4.69, 9.17) is 4.74 Å². The number of hydrogen-bond donors (Lipinski definition) is 1. The molecule has 1 aromatic rings. The van der Waals surface area contributed by atoms with E-state index < -0.39 is 6.10 Å². The van der Waals surface area contributed by atoms with Crippen LogP contribution in [0.2, 0.25) is 0 Å². The zero-order valence-corrected chi connectivity index (χ0v) is 11.3. The Labute approximate surface area is 113 Å². The quantitative estimate of drug-likeness (QED) is 0.881. The SMILES string of the molecule is CC1CCOC1C(O)c1ccc2c(c1)CC(=O)N2C. The van der Waals surface area contributed by atoms with Crippen molar-refractivity contribution in [3.63, 3.8) is 0 Å². The summed E-state index contributed by atoms with van der Waals surface area (Å²) in [5.74, 6) is 0.472. The maximum Gasteiger partial charge on any atom is 0.231 e.